The fraction of sp³-hybridized carbons (Fsp3) is 0. The van der Waals surface area contributed by atoms with Crippen molar-refractivity contribution in [2.24, 2.45) is 0 Å². The third kappa shape index (κ3) is 3.54. The highest BCUT2D eigenvalue weighted by atomic mass is 32.3. The highest BCUT2D eigenvalue weighted by Gasteiger charge is 2.26. The quantitative estimate of drug-likeness (QED) is 0.425. The number of fused-ring (bicyclic) bond motifs is 1. The van der Waals surface area contributed by atoms with E-state index in [1.165, 1.54) is 48.5 Å². The molecule has 2 aromatic carbocycles. The fourth-order valence-electron chi connectivity index (χ4n) is 1.75. The summed E-state index contributed by atoms with van der Waals surface area (Å²) in [6.45, 7) is 0. The molecular weight excluding hydrogens is 360 g/mol. The Labute approximate surface area is 136 Å². The van der Waals surface area contributed by atoms with Crippen LogP contribution in [0.25, 0.3) is 9.10 Å². The maximum absolute atomic E-state index is 11.1. The molecule has 0 aromatic heterocycles. The Morgan fingerprint density at radius 2 is 1.50 bits per heavy atom. The maximum Gasteiger partial charge on any atom is 0.391 e. The maximum atomic E-state index is 11.1. The molecule has 0 saturated carbocycles. The first-order valence-electron chi connectivity index (χ1n) is 6.10. The van der Waals surface area contributed by atoms with Crippen LogP contribution in [0.5, 0.6) is 0 Å². The van der Waals surface area contributed by atoms with Gasteiger partial charge in [0, 0.05) is 12.1 Å². The fourth-order valence-corrected chi connectivity index (χ4v) is 5.21. The minimum atomic E-state index is -3.98. The normalized spacial score (nSPS) is 16.1. The second kappa shape index (κ2) is 6.32. The molecule has 124 valence electrons. The molecular formula is C12H8N4O6S2. The summed E-state index contributed by atoms with van der Waals surface area (Å²) in [5.41, 5.74) is 0.0968. The first-order chi connectivity index (χ1) is 11.2. The van der Waals surface area contributed by atoms with Crippen molar-refractivity contribution < 1.29 is 21.8 Å². The SMILES string of the molecule is N#[N+]c1cccc([N+](=O)[O-])c1.O=S1(=O)[N-]S(=O)(=O)c2ccccc21. The zero-order valence-corrected chi connectivity index (χ0v) is 13.3. The summed E-state index contributed by atoms with van der Waals surface area (Å²) in [6, 6.07) is 10.8. The second-order valence-corrected chi connectivity index (χ2v) is 7.72. The summed E-state index contributed by atoms with van der Waals surface area (Å²) in [4.78, 5) is 11.9. The van der Waals surface area contributed by atoms with E-state index in [0.717, 1.165) is 0 Å². The van der Waals surface area contributed by atoms with E-state index in [9.17, 15) is 26.9 Å². The van der Waals surface area contributed by atoms with Gasteiger partial charge in [0.15, 0.2) is 4.98 Å². The van der Waals surface area contributed by atoms with Crippen LogP contribution in [0.2, 0.25) is 0 Å². The van der Waals surface area contributed by atoms with Gasteiger partial charge in [0.05, 0.1) is 14.7 Å². The largest absolute Gasteiger partial charge is 0.428 e. The molecule has 0 saturated heterocycles. The minimum Gasteiger partial charge on any atom is -0.428 e. The third-order valence-corrected chi connectivity index (χ3v) is 6.28. The Balaban J connectivity index is 0.000000177. The van der Waals surface area contributed by atoms with Crippen LogP contribution in [0.15, 0.2) is 58.3 Å². The molecule has 3 rings (SSSR count). The van der Waals surface area contributed by atoms with E-state index in [4.69, 9.17) is 5.39 Å². The van der Waals surface area contributed by atoms with E-state index < -0.39 is 25.0 Å². The van der Waals surface area contributed by atoms with E-state index >= 15 is 0 Å². The van der Waals surface area contributed by atoms with Gasteiger partial charge in [-0.15, -0.1) is 0 Å². The lowest BCUT2D eigenvalue weighted by Crippen LogP contribution is -1.92. The van der Waals surface area contributed by atoms with Crippen molar-refractivity contribution in [3.63, 3.8) is 0 Å². The monoisotopic (exact) mass is 368 g/mol. The van der Waals surface area contributed by atoms with Gasteiger partial charge in [0.25, 0.3) is 5.69 Å². The molecule has 1 aliphatic heterocycles. The molecule has 0 radical (unpaired) electrons. The summed E-state index contributed by atoms with van der Waals surface area (Å²) in [6.07, 6.45) is 0. The van der Waals surface area contributed by atoms with Crippen molar-refractivity contribution in [1.29, 1.82) is 5.39 Å². The molecule has 0 bridgehead atoms. The molecule has 10 nitrogen and oxygen atoms in total. The number of sulfonamides is 2. The molecule has 0 aliphatic carbocycles. The molecule has 2 aromatic rings. The third-order valence-electron chi connectivity index (χ3n) is 2.76. The van der Waals surface area contributed by atoms with Gasteiger partial charge < -0.3 is 4.13 Å². The van der Waals surface area contributed by atoms with Gasteiger partial charge >= 0.3 is 5.69 Å². The first kappa shape index (κ1) is 17.5. The average Bonchev–Trinajstić information content (AvgIpc) is 2.73. The minimum absolute atomic E-state index is 0.0831. The first-order valence-corrected chi connectivity index (χ1v) is 8.98. The lowest BCUT2D eigenvalue weighted by Gasteiger charge is -2.05. The van der Waals surface area contributed by atoms with Gasteiger partial charge in [0.2, 0.25) is 5.39 Å². The summed E-state index contributed by atoms with van der Waals surface area (Å²) in [7, 11) is -7.95. The van der Waals surface area contributed by atoms with Crippen molar-refractivity contribution in [1.82, 2.24) is 0 Å². The summed E-state index contributed by atoms with van der Waals surface area (Å²) in [5, 5.41) is 18.4. The summed E-state index contributed by atoms with van der Waals surface area (Å²) < 4.78 is 47.3. The molecule has 1 aliphatic rings. The van der Waals surface area contributed by atoms with Gasteiger partial charge in [0.1, 0.15) is 26.1 Å². The zero-order chi connectivity index (χ0) is 18.0. The topological polar surface area (TPSA) is 154 Å². The van der Waals surface area contributed by atoms with Crippen LogP contribution >= 0.6 is 0 Å². The van der Waals surface area contributed by atoms with E-state index in [-0.39, 0.29) is 21.2 Å². The zero-order valence-electron chi connectivity index (χ0n) is 11.7. The highest BCUT2D eigenvalue weighted by molar-refractivity contribution is 8.14. The van der Waals surface area contributed by atoms with Gasteiger partial charge in [-0.05, 0) is 18.2 Å². The average molecular weight is 368 g/mol. The van der Waals surface area contributed by atoms with Crippen LogP contribution in [0, 0.1) is 15.5 Å². The number of nitro benzene ring substituents is 1. The van der Waals surface area contributed by atoms with Crippen LogP contribution in [0.1, 0.15) is 0 Å². The Bertz CT molecular complexity index is 1010. The van der Waals surface area contributed by atoms with Crippen LogP contribution in [-0.2, 0) is 20.0 Å². The van der Waals surface area contributed by atoms with Crippen molar-refractivity contribution in [3.8, 4) is 0 Å². The summed E-state index contributed by atoms with van der Waals surface area (Å²) in [5.74, 6) is 0. The molecule has 24 heavy (non-hydrogen) atoms. The van der Waals surface area contributed by atoms with E-state index in [1.54, 1.807) is 0 Å². The molecule has 0 fully saturated rings. The van der Waals surface area contributed by atoms with Crippen molar-refractivity contribution in [2.45, 2.75) is 9.79 Å². The summed E-state index contributed by atoms with van der Waals surface area (Å²) >= 11 is 0. The van der Waals surface area contributed by atoms with Gasteiger partial charge in [-0.25, -0.2) is 16.8 Å². The number of hydrogen-bond donors (Lipinski definition) is 0. The number of nitrogens with zero attached hydrogens (tertiary/aromatic N) is 4. The molecule has 0 spiro atoms. The van der Waals surface area contributed by atoms with E-state index in [1.807, 2.05) is 0 Å². The van der Waals surface area contributed by atoms with Crippen molar-refractivity contribution in [2.75, 3.05) is 0 Å². The number of benzene rings is 2. The van der Waals surface area contributed by atoms with Gasteiger partial charge in [-0.2, -0.15) is 0 Å². The second-order valence-electron chi connectivity index (χ2n) is 4.35. The molecule has 0 N–H and O–H groups in total. The Morgan fingerprint density at radius 1 is 0.958 bits per heavy atom. The molecule has 1 heterocycles. The Hall–Kier alpha value is -2.88. The van der Waals surface area contributed by atoms with Gasteiger partial charge in [-0.1, -0.05) is 12.1 Å². The van der Waals surface area contributed by atoms with Crippen molar-refractivity contribution in [3.05, 3.63) is 67.7 Å². The Kier molecular flexibility index (Phi) is 4.60. The highest BCUT2D eigenvalue weighted by Crippen LogP contribution is 2.37. The molecule has 0 unspecified atom stereocenters. The van der Waals surface area contributed by atoms with Crippen LogP contribution < -0.4 is 0 Å². The number of non-ortho nitro benzene ring substituents is 1. The van der Waals surface area contributed by atoms with Gasteiger partial charge in [-0.3, -0.25) is 10.1 Å². The van der Waals surface area contributed by atoms with Crippen LogP contribution in [-0.4, -0.2) is 21.8 Å². The standard InChI is InChI=1S/C6H4N3O2.C6H4NO4S2/c7-8-5-2-1-3-6(4-5)9(10)11;8-12(9)5-3-1-2-4-6(5)13(10,11)7-12/h1-4H;1-4H/q+1;-1. The molecule has 0 amide bonds. The Morgan fingerprint density at radius 3 is 1.96 bits per heavy atom. The van der Waals surface area contributed by atoms with Crippen molar-refractivity contribution >= 4 is 31.4 Å². The van der Waals surface area contributed by atoms with Crippen LogP contribution in [0.4, 0.5) is 11.4 Å². The molecule has 0 atom stereocenters. The number of diazo groups is 1. The number of nitro groups is 1. The smallest absolute Gasteiger partial charge is 0.391 e. The predicted molar refractivity (Wildman–Crippen MR) is 82.0 cm³/mol. The lowest BCUT2D eigenvalue weighted by atomic mass is 10.3. The number of rotatable bonds is 1. The van der Waals surface area contributed by atoms with E-state index in [2.05, 4.69) is 9.10 Å². The van der Waals surface area contributed by atoms with Crippen LogP contribution in [0.3, 0.4) is 0 Å². The molecule has 12 heteroatoms. The predicted octanol–water partition coefficient (Wildman–Crippen LogP) is 2.53. The van der Waals surface area contributed by atoms with E-state index in [0.29, 0.717) is 0 Å². The number of hydrogen-bond acceptors (Lipinski definition) is 7. The lowest BCUT2D eigenvalue weighted by molar-refractivity contribution is -0.384.